The minimum absolute atomic E-state index is 0.0884. The van der Waals surface area contributed by atoms with Crippen molar-refractivity contribution in [3.05, 3.63) is 41.6 Å². The number of aromatic nitrogens is 3. The number of fused-ring (bicyclic) bond motifs is 1. The number of aryl methyl sites for hydroxylation is 1. The first kappa shape index (κ1) is 12.3. The fourth-order valence-corrected chi connectivity index (χ4v) is 2.10. The molecule has 0 unspecified atom stereocenters. The molecule has 1 aromatic carbocycles. The van der Waals surface area contributed by atoms with Crippen LogP contribution in [0.2, 0.25) is 0 Å². The SMILES string of the molecule is Cc1nn2c(O)cc(O)nc2c1-c1ccc(F)cc1F. The molecule has 0 fully saturated rings. The van der Waals surface area contributed by atoms with Gasteiger partial charge in [-0.15, -0.1) is 0 Å². The Bertz CT molecular complexity index is 830. The number of halogens is 2. The Balaban J connectivity index is 2.38. The van der Waals surface area contributed by atoms with Crippen molar-refractivity contribution in [1.29, 1.82) is 0 Å². The highest BCUT2D eigenvalue weighted by Crippen LogP contribution is 2.32. The normalized spacial score (nSPS) is 11.2. The largest absolute Gasteiger partial charge is 0.493 e. The van der Waals surface area contributed by atoms with E-state index in [4.69, 9.17) is 0 Å². The molecular weight excluding hydrogens is 268 g/mol. The van der Waals surface area contributed by atoms with Crippen molar-refractivity contribution in [2.24, 2.45) is 0 Å². The molecule has 0 bridgehead atoms. The summed E-state index contributed by atoms with van der Waals surface area (Å²) in [6.07, 6.45) is 0. The third-order valence-corrected chi connectivity index (χ3v) is 2.93. The highest BCUT2D eigenvalue weighted by Gasteiger charge is 2.19. The number of benzene rings is 1. The zero-order valence-corrected chi connectivity index (χ0v) is 10.3. The maximum atomic E-state index is 13.9. The Labute approximate surface area is 111 Å². The molecule has 3 aromatic rings. The van der Waals surface area contributed by atoms with Gasteiger partial charge in [0.25, 0.3) is 0 Å². The van der Waals surface area contributed by atoms with E-state index >= 15 is 0 Å². The number of hydrogen-bond donors (Lipinski definition) is 2. The highest BCUT2D eigenvalue weighted by molar-refractivity contribution is 5.80. The summed E-state index contributed by atoms with van der Waals surface area (Å²) in [4.78, 5) is 3.83. The van der Waals surface area contributed by atoms with E-state index in [0.29, 0.717) is 5.69 Å². The molecule has 20 heavy (non-hydrogen) atoms. The second-order valence-electron chi connectivity index (χ2n) is 4.29. The van der Waals surface area contributed by atoms with E-state index in [1.807, 2.05) is 0 Å². The summed E-state index contributed by atoms with van der Waals surface area (Å²) in [5, 5.41) is 23.2. The summed E-state index contributed by atoms with van der Waals surface area (Å²) in [5.74, 6) is -2.21. The molecule has 2 heterocycles. The molecule has 3 rings (SSSR count). The summed E-state index contributed by atoms with van der Waals surface area (Å²) in [7, 11) is 0. The molecular formula is C13H9F2N3O2. The van der Waals surface area contributed by atoms with Gasteiger partial charge in [-0.3, -0.25) is 0 Å². The number of hydrogen-bond acceptors (Lipinski definition) is 4. The summed E-state index contributed by atoms with van der Waals surface area (Å²) in [6, 6.07) is 4.15. The van der Waals surface area contributed by atoms with Crippen molar-refractivity contribution in [3.63, 3.8) is 0 Å². The van der Waals surface area contributed by atoms with Gasteiger partial charge in [-0.05, 0) is 19.1 Å². The van der Waals surface area contributed by atoms with E-state index in [2.05, 4.69) is 10.1 Å². The zero-order valence-electron chi connectivity index (χ0n) is 10.3. The van der Waals surface area contributed by atoms with Gasteiger partial charge in [0.1, 0.15) is 11.6 Å². The molecule has 2 aromatic heterocycles. The average molecular weight is 277 g/mol. The Kier molecular flexibility index (Phi) is 2.56. The molecule has 0 aliphatic rings. The van der Waals surface area contributed by atoms with Crippen LogP contribution in [-0.2, 0) is 0 Å². The van der Waals surface area contributed by atoms with Gasteiger partial charge in [-0.1, -0.05) is 0 Å². The number of nitrogens with zero attached hydrogens (tertiary/aromatic N) is 3. The highest BCUT2D eigenvalue weighted by atomic mass is 19.1. The lowest BCUT2D eigenvalue weighted by molar-refractivity contribution is 0.412. The van der Waals surface area contributed by atoms with E-state index in [0.717, 1.165) is 22.7 Å². The van der Waals surface area contributed by atoms with Gasteiger partial charge < -0.3 is 10.2 Å². The summed E-state index contributed by atoms with van der Waals surface area (Å²) < 4.78 is 27.9. The lowest BCUT2D eigenvalue weighted by Crippen LogP contribution is -1.92. The van der Waals surface area contributed by atoms with Gasteiger partial charge in [0.2, 0.25) is 11.8 Å². The molecule has 102 valence electrons. The molecule has 0 aliphatic heterocycles. The maximum absolute atomic E-state index is 13.9. The smallest absolute Gasteiger partial charge is 0.219 e. The molecule has 2 N–H and O–H groups in total. The van der Waals surface area contributed by atoms with E-state index in [1.54, 1.807) is 6.92 Å². The van der Waals surface area contributed by atoms with Crippen LogP contribution in [0.25, 0.3) is 16.8 Å². The minimum Gasteiger partial charge on any atom is -0.493 e. The van der Waals surface area contributed by atoms with Crippen LogP contribution in [-0.4, -0.2) is 24.8 Å². The minimum atomic E-state index is -0.771. The predicted octanol–water partition coefficient (Wildman–Crippen LogP) is 2.39. The van der Waals surface area contributed by atoms with Crippen LogP contribution in [0.1, 0.15) is 5.69 Å². The summed E-state index contributed by atoms with van der Waals surface area (Å²) >= 11 is 0. The van der Waals surface area contributed by atoms with Gasteiger partial charge in [0.05, 0.1) is 17.3 Å². The third-order valence-electron chi connectivity index (χ3n) is 2.93. The molecule has 0 atom stereocenters. The van der Waals surface area contributed by atoms with Gasteiger partial charge >= 0.3 is 0 Å². The van der Waals surface area contributed by atoms with Crippen molar-refractivity contribution in [3.8, 4) is 22.9 Å². The summed E-state index contributed by atoms with van der Waals surface area (Å²) in [6.45, 7) is 1.60. The van der Waals surface area contributed by atoms with Crippen LogP contribution < -0.4 is 0 Å². The Morgan fingerprint density at radius 3 is 2.60 bits per heavy atom. The van der Waals surface area contributed by atoms with Crippen LogP contribution in [0, 0.1) is 18.6 Å². The van der Waals surface area contributed by atoms with Crippen LogP contribution in [0.3, 0.4) is 0 Å². The molecule has 0 saturated carbocycles. The van der Waals surface area contributed by atoms with E-state index in [1.165, 1.54) is 6.07 Å². The first-order valence-corrected chi connectivity index (χ1v) is 5.71. The first-order valence-electron chi connectivity index (χ1n) is 5.71. The van der Waals surface area contributed by atoms with Crippen LogP contribution >= 0.6 is 0 Å². The van der Waals surface area contributed by atoms with Crippen LogP contribution in [0.15, 0.2) is 24.3 Å². The van der Waals surface area contributed by atoms with E-state index in [9.17, 15) is 19.0 Å². The lowest BCUT2D eigenvalue weighted by Gasteiger charge is -2.03. The summed E-state index contributed by atoms with van der Waals surface area (Å²) in [5.41, 5.74) is 0.861. The number of rotatable bonds is 1. The molecule has 7 heteroatoms. The average Bonchev–Trinajstić information content (AvgIpc) is 2.67. The first-order chi connectivity index (χ1) is 9.47. The van der Waals surface area contributed by atoms with E-state index in [-0.39, 0.29) is 22.7 Å². The molecule has 0 amide bonds. The standard InChI is InChI=1S/C13H9F2N3O2/c1-6-12(8-3-2-7(14)4-9(8)15)13-16-10(19)5-11(20)18(13)17-6/h2-5,20H,1H3,(H,16,19). The molecule has 0 aliphatic carbocycles. The maximum Gasteiger partial charge on any atom is 0.219 e. The van der Waals surface area contributed by atoms with Gasteiger partial charge in [-0.2, -0.15) is 14.6 Å². The predicted molar refractivity (Wildman–Crippen MR) is 66.4 cm³/mol. The van der Waals surface area contributed by atoms with Crippen LogP contribution in [0.5, 0.6) is 11.8 Å². The third kappa shape index (κ3) is 1.75. The Morgan fingerprint density at radius 1 is 1.15 bits per heavy atom. The Morgan fingerprint density at radius 2 is 1.90 bits per heavy atom. The van der Waals surface area contributed by atoms with Crippen molar-refractivity contribution >= 4 is 5.65 Å². The second kappa shape index (κ2) is 4.16. The lowest BCUT2D eigenvalue weighted by atomic mass is 10.1. The van der Waals surface area contributed by atoms with E-state index < -0.39 is 17.5 Å². The van der Waals surface area contributed by atoms with Crippen molar-refractivity contribution in [1.82, 2.24) is 14.6 Å². The quantitative estimate of drug-likeness (QED) is 0.716. The van der Waals surface area contributed by atoms with Gasteiger partial charge in [0, 0.05) is 11.6 Å². The molecule has 0 radical (unpaired) electrons. The molecule has 5 nitrogen and oxygen atoms in total. The fourth-order valence-electron chi connectivity index (χ4n) is 2.10. The Hall–Kier alpha value is -2.70. The number of aromatic hydroxyl groups is 2. The zero-order chi connectivity index (χ0) is 14.4. The van der Waals surface area contributed by atoms with Crippen molar-refractivity contribution in [2.45, 2.75) is 6.92 Å². The van der Waals surface area contributed by atoms with Crippen LogP contribution in [0.4, 0.5) is 8.78 Å². The van der Waals surface area contributed by atoms with Crippen molar-refractivity contribution in [2.75, 3.05) is 0 Å². The van der Waals surface area contributed by atoms with Gasteiger partial charge in [0.15, 0.2) is 5.65 Å². The monoisotopic (exact) mass is 277 g/mol. The fraction of sp³-hybridized carbons (Fsp3) is 0.0769. The second-order valence-corrected chi connectivity index (χ2v) is 4.29. The van der Waals surface area contributed by atoms with Crippen molar-refractivity contribution < 1.29 is 19.0 Å². The molecule has 0 saturated heterocycles. The molecule has 0 spiro atoms. The van der Waals surface area contributed by atoms with Gasteiger partial charge in [-0.25, -0.2) is 8.78 Å². The topological polar surface area (TPSA) is 70.7 Å².